The number of H-pyrrole nitrogens is 1. The number of carbonyl (C=O) groups is 1. The molecule has 1 aromatic carbocycles. The van der Waals surface area contributed by atoms with Crippen molar-refractivity contribution < 1.29 is 4.79 Å². The summed E-state index contributed by atoms with van der Waals surface area (Å²) in [5.41, 5.74) is 0.626. The van der Waals surface area contributed by atoms with E-state index >= 15 is 0 Å². The van der Waals surface area contributed by atoms with Gasteiger partial charge in [0.15, 0.2) is 0 Å². The summed E-state index contributed by atoms with van der Waals surface area (Å²) in [5.74, 6) is 1.24. The summed E-state index contributed by atoms with van der Waals surface area (Å²) in [6, 6.07) is 7.76. The molecule has 2 heterocycles. The minimum atomic E-state index is -0.0970. The molecule has 2 amide bonds. The molecule has 0 bridgehead atoms. The Balaban J connectivity index is 1.32. The molecular formula is C21H29N5O2. The number of hydrogen-bond acceptors (Lipinski definition) is 4. The zero-order valence-electron chi connectivity index (χ0n) is 16.5. The second-order valence-corrected chi connectivity index (χ2v) is 8.11. The summed E-state index contributed by atoms with van der Waals surface area (Å²) < 4.78 is 0. The van der Waals surface area contributed by atoms with Crippen molar-refractivity contribution in [3.63, 3.8) is 0 Å². The van der Waals surface area contributed by atoms with Crippen LogP contribution in [0.25, 0.3) is 10.9 Å². The highest BCUT2D eigenvalue weighted by molar-refractivity contribution is 5.77. The molecule has 7 heteroatoms. The lowest BCUT2D eigenvalue weighted by molar-refractivity contribution is 0.127. The van der Waals surface area contributed by atoms with E-state index < -0.39 is 0 Å². The van der Waals surface area contributed by atoms with Gasteiger partial charge in [0.05, 0.1) is 17.4 Å². The van der Waals surface area contributed by atoms with Crippen LogP contribution in [-0.2, 0) is 6.54 Å². The number of piperazine rings is 1. The number of nitrogens with one attached hydrogen (secondary N) is 2. The molecule has 2 aromatic rings. The average molecular weight is 383 g/mol. The molecule has 2 unspecified atom stereocenters. The van der Waals surface area contributed by atoms with Crippen LogP contribution in [0.15, 0.2) is 29.1 Å². The average Bonchev–Trinajstić information content (AvgIpc) is 2.70. The number of carbonyl (C=O) groups excluding carboxylic acids is 1. The number of urea groups is 1. The first-order chi connectivity index (χ1) is 13.6. The predicted molar refractivity (Wildman–Crippen MR) is 109 cm³/mol. The SMILES string of the molecule is CC1CCCCC1NC(=O)N1CCN(Cc2nc3ccccc3c(=O)[nH]2)CC1. The summed E-state index contributed by atoms with van der Waals surface area (Å²) >= 11 is 0. The molecule has 0 radical (unpaired) electrons. The van der Waals surface area contributed by atoms with Crippen molar-refractivity contribution in [2.24, 2.45) is 5.92 Å². The number of aromatic amines is 1. The highest BCUT2D eigenvalue weighted by Gasteiger charge is 2.27. The quantitative estimate of drug-likeness (QED) is 0.852. The van der Waals surface area contributed by atoms with Crippen LogP contribution in [0.5, 0.6) is 0 Å². The second kappa shape index (κ2) is 8.31. The van der Waals surface area contributed by atoms with Gasteiger partial charge in [-0.2, -0.15) is 0 Å². The fraction of sp³-hybridized carbons (Fsp3) is 0.571. The third-order valence-corrected chi connectivity index (χ3v) is 6.12. The van der Waals surface area contributed by atoms with Gasteiger partial charge in [-0.1, -0.05) is 31.9 Å². The normalized spacial score (nSPS) is 23.7. The summed E-state index contributed by atoms with van der Waals surface area (Å²) in [4.78, 5) is 36.4. The van der Waals surface area contributed by atoms with E-state index in [9.17, 15) is 9.59 Å². The lowest BCUT2D eigenvalue weighted by atomic mass is 9.86. The van der Waals surface area contributed by atoms with Crippen LogP contribution in [0.1, 0.15) is 38.4 Å². The van der Waals surface area contributed by atoms with Crippen LogP contribution >= 0.6 is 0 Å². The molecule has 7 nitrogen and oxygen atoms in total. The summed E-state index contributed by atoms with van der Waals surface area (Å²) in [6.07, 6.45) is 4.78. The van der Waals surface area contributed by atoms with Gasteiger partial charge in [-0.05, 0) is 30.9 Å². The molecule has 150 valence electrons. The molecule has 28 heavy (non-hydrogen) atoms. The first kappa shape index (κ1) is 18.9. The zero-order valence-corrected chi connectivity index (χ0v) is 16.5. The number of benzene rings is 1. The maximum absolute atomic E-state index is 12.6. The molecule has 4 rings (SSSR count). The van der Waals surface area contributed by atoms with Gasteiger partial charge < -0.3 is 15.2 Å². The number of rotatable bonds is 3. The minimum Gasteiger partial charge on any atom is -0.335 e. The van der Waals surface area contributed by atoms with E-state index in [-0.39, 0.29) is 11.6 Å². The summed E-state index contributed by atoms with van der Waals surface area (Å²) in [7, 11) is 0. The van der Waals surface area contributed by atoms with E-state index in [0.29, 0.717) is 42.8 Å². The number of nitrogens with zero attached hydrogens (tertiary/aromatic N) is 3. The van der Waals surface area contributed by atoms with Crippen molar-refractivity contribution in [2.75, 3.05) is 26.2 Å². The van der Waals surface area contributed by atoms with Crippen LogP contribution in [0, 0.1) is 5.92 Å². The maximum Gasteiger partial charge on any atom is 0.317 e. The smallest absolute Gasteiger partial charge is 0.317 e. The lowest BCUT2D eigenvalue weighted by Crippen LogP contribution is -2.54. The number of amides is 2. The topological polar surface area (TPSA) is 81.3 Å². The van der Waals surface area contributed by atoms with Crippen molar-refractivity contribution in [1.29, 1.82) is 0 Å². The maximum atomic E-state index is 12.6. The van der Waals surface area contributed by atoms with Gasteiger partial charge in [-0.3, -0.25) is 9.69 Å². The minimum absolute atomic E-state index is 0.0654. The molecule has 2 aliphatic rings. The van der Waals surface area contributed by atoms with Crippen molar-refractivity contribution >= 4 is 16.9 Å². The van der Waals surface area contributed by atoms with E-state index in [4.69, 9.17) is 0 Å². The van der Waals surface area contributed by atoms with Gasteiger partial charge in [0.2, 0.25) is 0 Å². The Bertz CT molecular complexity index is 888. The zero-order chi connectivity index (χ0) is 19.5. The van der Waals surface area contributed by atoms with Crippen molar-refractivity contribution in [3.05, 3.63) is 40.4 Å². The Hall–Kier alpha value is -2.41. The number of para-hydroxylation sites is 1. The molecule has 0 spiro atoms. The largest absolute Gasteiger partial charge is 0.335 e. The van der Waals surface area contributed by atoms with Gasteiger partial charge in [0.25, 0.3) is 5.56 Å². The molecule has 1 aliphatic heterocycles. The molecule has 1 saturated heterocycles. The fourth-order valence-electron chi connectivity index (χ4n) is 4.31. The Labute approximate surface area is 165 Å². The van der Waals surface area contributed by atoms with Crippen LogP contribution in [0.3, 0.4) is 0 Å². The van der Waals surface area contributed by atoms with Crippen molar-refractivity contribution in [3.8, 4) is 0 Å². The molecule has 1 aliphatic carbocycles. The molecule has 1 saturated carbocycles. The van der Waals surface area contributed by atoms with Crippen molar-refractivity contribution in [1.82, 2.24) is 25.1 Å². The Kier molecular flexibility index (Phi) is 5.62. The Morgan fingerprint density at radius 1 is 1.18 bits per heavy atom. The van der Waals surface area contributed by atoms with Crippen LogP contribution in [0.2, 0.25) is 0 Å². The Morgan fingerprint density at radius 3 is 2.71 bits per heavy atom. The first-order valence-corrected chi connectivity index (χ1v) is 10.4. The molecule has 2 atom stereocenters. The van der Waals surface area contributed by atoms with Gasteiger partial charge in [0.1, 0.15) is 5.82 Å². The van der Waals surface area contributed by atoms with Gasteiger partial charge in [0, 0.05) is 32.2 Å². The molecule has 1 aromatic heterocycles. The van der Waals surface area contributed by atoms with Crippen LogP contribution < -0.4 is 10.9 Å². The molecule has 2 N–H and O–H groups in total. The van der Waals surface area contributed by atoms with Gasteiger partial charge in [-0.25, -0.2) is 9.78 Å². The van der Waals surface area contributed by atoms with Crippen LogP contribution in [0.4, 0.5) is 4.79 Å². The molecular weight excluding hydrogens is 354 g/mol. The van der Waals surface area contributed by atoms with Gasteiger partial charge >= 0.3 is 6.03 Å². The first-order valence-electron chi connectivity index (χ1n) is 10.4. The predicted octanol–water partition coefficient (Wildman–Crippen LogP) is 2.33. The second-order valence-electron chi connectivity index (χ2n) is 8.11. The number of aromatic nitrogens is 2. The lowest BCUT2D eigenvalue weighted by Gasteiger charge is -2.37. The van der Waals surface area contributed by atoms with E-state index in [0.717, 1.165) is 25.0 Å². The van der Waals surface area contributed by atoms with E-state index in [1.54, 1.807) is 6.07 Å². The van der Waals surface area contributed by atoms with Crippen molar-refractivity contribution in [2.45, 2.75) is 45.2 Å². The van der Waals surface area contributed by atoms with E-state index in [1.807, 2.05) is 23.1 Å². The summed E-state index contributed by atoms with van der Waals surface area (Å²) in [5, 5.41) is 3.85. The standard InChI is InChI=1S/C21H29N5O2/c1-15-6-2-4-8-17(15)23-21(28)26-12-10-25(11-13-26)14-19-22-18-9-5-3-7-16(18)20(27)24-19/h3,5,7,9,15,17H,2,4,6,8,10-14H2,1H3,(H,23,28)(H,22,24,27). The third kappa shape index (κ3) is 4.19. The van der Waals surface area contributed by atoms with Gasteiger partial charge in [-0.15, -0.1) is 0 Å². The highest BCUT2D eigenvalue weighted by Crippen LogP contribution is 2.24. The summed E-state index contributed by atoms with van der Waals surface area (Å²) in [6.45, 7) is 5.79. The fourth-order valence-corrected chi connectivity index (χ4v) is 4.31. The van der Waals surface area contributed by atoms with Crippen LogP contribution in [-0.4, -0.2) is 58.0 Å². The van der Waals surface area contributed by atoms with E-state index in [1.165, 1.54) is 19.3 Å². The molecule has 2 fully saturated rings. The monoisotopic (exact) mass is 383 g/mol. The number of hydrogen-bond donors (Lipinski definition) is 2. The highest BCUT2D eigenvalue weighted by atomic mass is 16.2. The van der Waals surface area contributed by atoms with E-state index in [2.05, 4.69) is 27.1 Å². The number of fused-ring (bicyclic) bond motifs is 1. The Morgan fingerprint density at radius 2 is 1.93 bits per heavy atom. The third-order valence-electron chi connectivity index (χ3n) is 6.12.